The summed E-state index contributed by atoms with van der Waals surface area (Å²) >= 11 is 6.05. The van der Waals surface area contributed by atoms with Crippen LogP contribution < -0.4 is 0 Å². The van der Waals surface area contributed by atoms with Crippen LogP contribution in [-0.4, -0.2) is 68.2 Å². The lowest BCUT2D eigenvalue weighted by atomic mass is 10.2. The number of nitrogens with zero attached hydrogens (tertiary/aromatic N) is 3. The first-order chi connectivity index (χ1) is 13.4. The molecule has 0 N–H and O–H groups in total. The number of amides is 1. The fraction of sp³-hybridized carbons (Fsp3) is 0.350. The van der Waals surface area contributed by atoms with E-state index >= 15 is 0 Å². The zero-order valence-corrected chi connectivity index (χ0v) is 17.4. The lowest BCUT2D eigenvalue weighted by Crippen LogP contribution is -2.52. The van der Waals surface area contributed by atoms with E-state index in [-0.39, 0.29) is 28.9 Å². The summed E-state index contributed by atoms with van der Waals surface area (Å²) in [4.78, 5) is 16.4. The summed E-state index contributed by atoms with van der Waals surface area (Å²) in [5.74, 6) is 0.00761. The lowest BCUT2D eigenvalue weighted by molar-refractivity contribution is -0.133. The summed E-state index contributed by atoms with van der Waals surface area (Å²) < 4.78 is 27.0. The number of carbonyl (C=O) groups is 1. The van der Waals surface area contributed by atoms with Gasteiger partial charge in [0.05, 0.1) is 11.6 Å². The van der Waals surface area contributed by atoms with Crippen LogP contribution in [0.2, 0.25) is 5.02 Å². The third-order valence-electron chi connectivity index (χ3n) is 4.75. The summed E-state index contributed by atoms with van der Waals surface area (Å²) in [6.45, 7) is 2.27. The van der Waals surface area contributed by atoms with E-state index in [2.05, 4.69) is 0 Å². The van der Waals surface area contributed by atoms with Crippen LogP contribution in [0.25, 0.3) is 0 Å². The molecule has 0 saturated carbocycles. The average molecular weight is 422 g/mol. The zero-order valence-electron chi connectivity index (χ0n) is 15.8. The minimum atomic E-state index is -3.65. The van der Waals surface area contributed by atoms with Gasteiger partial charge in [-0.1, -0.05) is 54.1 Å². The largest absolute Gasteiger partial charge is 0.339 e. The number of piperazine rings is 1. The zero-order chi connectivity index (χ0) is 20.1. The molecule has 0 radical (unpaired) electrons. The molecule has 0 atom stereocenters. The van der Waals surface area contributed by atoms with Crippen molar-refractivity contribution < 1.29 is 13.2 Å². The molecule has 3 rings (SSSR count). The van der Waals surface area contributed by atoms with E-state index in [0.29, 0.717) is 26.2 Å². The molecule has 1 amide bonds. The number of hydrogen-bond donors (Lipinski definition) is 0. The highest BCUT2D eigenvalue weighted by molar-refractivity contribution is 7.89. The molecule has 0 spiro atoms. The molecule has 150 valence electrons. The van der Waals surface area contributed by atoms with Crippen LogP contribution in [0.1, 0.15) is 5.56 Å². The van der Waals surface area contributed by atoms with Crippen molar-refractivity contribution in [3.8, 4) is 0 Å². The van der Waals surface area contributed by atoms with Crippen molar-refractivity contribution in [3.05, 3.63) is 65.2 Å². The average Bonchev–Trinajstić information content (AvgIpc) is 2.69. The summed E-state index contributed by atoms with van der Waals surface area (Å²) in [5.41, 5.74) is 1.15. The van der Waals surface area contributed by atoms with Crippen LogP contribution in [0.4, 0.5) is 0 Å². The topological polar surface area (TPSA) is 60.9 Å². The molecule has 0 aromatic heterocycles. The number of rotatable bonds is 6. The first-order valence-electron chi connectivity index (χ1n) is 9.13. The Balaban J connectivity index is 1.55. The molecular weight excluding hydrogens is 398 g/mol. The maximum Gasteiger partial charge on any atom is 0.244 e. The van der Waals surface area contributed by atoms with Gasteiger partial charge in [-0.25, -0.2) is 8.42 Å². The van der Waals surface area contributed by atoms with Gasteiger partial charge in [-0.3, -0.25) is 9.69 Å². The summed E-state index contributed by atoms with van der Waals surface area (Å²) in [6, 6.07) is 16.4. The van der Waals surface area contributed by atoms with Crippen molar-refractivity contribution in [1.29, 1.82) is 0 Å². The minimum Gasteiger partial charge on any atom is -0.339 e. The second-order valence-electron chi connectivity index (χ2n) is 6.87. The molecule has 1 saturated heterocycles. The van der Waals surface area contributed by atoms with Crippen molar-refractivity contribution in [1.82, 2.24) is 14.1 Å². The molecule has 1 aliphatic rings. The van der Waals surface area contributed by atoms with Crippen molar-refractivity contribution in [2.24, 2.45) is 0 Å². The number of likely N-dealkylation sites (N-methyl/N-ethyl adjacent to an activating group) is 1. The quantitative estimate of drug-likeness (QED) is 0.718. The van der Waals surface area contributed by atoms with Crippen LogP contribution in [0.3, 0.4) is 0 Å². The highest BCUT2D eigenvalue weighted by Crippen LogP contribution is 2.25. The lowest BCUT2D eigenvalue weighted by Gasteiger charge is -2.35. The third-order valence-corrected chi connectivity index (χ3v) is 7.14. The summed E-state index contributed by atoms with van der Waals surface area (Å²) in [5, 5.41) is 0.212. The summed E-state index contributed by atoms with van der Waals surface area (Å²) in [6.07, 6.45) is 0. The molecule has 28 heavy (non-hydrogen) atoms. The molecule has 1 aliphatic heterocycles. The van der Waals surface area contributed by atoms with Gasteiger partial charge in [0.25, 0.3) is 0 Å². The van der Waals surface area contributed by atoms with Gasteiger partial charge in [0.15, 0.2) is 0 Å². The molecule has 2 aromatic rings. The number of halogens is 1. The first kappa shape index (κ1) is 20.8. The number of carbonyl (C=O) groups excluding carboxylic acids is 1. The highest BCUT2D eigenvalue weighted by atomic mass is 35.5. The van der Waals surface area contributed by atoms with Gasteiger partial charge in [-0.2, -0.15) is 4.31 Å². The normalized spacial score (nSPS) is 15.8. The van der Waals surface area contributed by atoms with E-state index in [1.807, 2.05) is 42.3 Å². The fourth-order valence-electron chi connectivity index (χ4n) is 3.25. The van der Waals surface area contributed by atoms with E-state index in [9.17, 15) is 13.2 Å². The van der Waals surface area contributed by atoms with Crippen molar-refractivity contribution in [3.63, 3.8) is 0 Å². The van der Waals surface area contributed by atoms with Gasteiger partial charge in [-0.05, 0) is 24.7 Å². The maximum absolute atomic E-state index is 12.8. The fourth-order valence-corrected chi connectivity index (χ4v) is 5.17. The predicted molar refractivity (Wildman–Crippen MR) is 110 cm³/mol. The molecule has 6 nitrogen and oxygen atoms in total. The Morgan fingerprint density at radius 1 is 1.00 bits per heavy atom. The monoisotopic (exact) mass is 421 g/mol. The van der Waals surface area contributed by atoms with Gasteiger partial charge in [0.1, 0.15) is 4.90 Å². The van der Waals surface area contributed by atoms with Gasteiger partial charge in [-0.15, -0.1) is 0 Å². The Labute approximate surface area is 171 Å². The van der Waals surface area contributed by atoms with E-state index in [0.717, 1.165) is 5.56 Å². The SMILES string of the molecule is CN(CC(=O)N1CCN(S(=O)(=O)c2ccccc2Cl)CC1)Cc1ccccc1. The minimum absolute atomic E-state index is 0.00761. The number of sulfonamides is 1. The van der Waals surface area contributed by atoms with Gasteiger partial charge in [0, 0.05) is 32.7 Å². The van der Waals surface area contributed by atoms with Crippen LogP contribution in [-0.2, 0) is 21.4 Å². The molecule has 0 unspecified atom stereocenters. The van der Waals surface area contributed by atoms with E-state index in [4.69, 9.17) is 11.6 Å². The third kappa shape index (κ3) is 4.91. The molecule has 0 bridgehead atoms. The second-order valence-corrected chi connectivity index (χ2v) is 9.19. The smallest absolute Gasteiger partial charge is 0.244 e. The molecule has 1 fully saturated rings. The van der Waals surface area contributed by atoms with Crippen molar-refractivity contribution >= 4 is 27.5 Å². The Bertz CT molecular complexity index is 913. The molecule has 8 heteroatoms. The Kier molecular flexibility index (Phi) is 6.72. The van der Waals surface area contributed by atoms with E-state index < -0.39 is 10.0 Å². The van der Waals surface area contributed by atoms with Gasteiger partial charge >= 0.3 is 0 Å². The number of benzene rings is 2. The Hall–Kier alpha value is -1.93. The van der Waals surface area contributed by atoms with Crippen molar-refractivity contribution in [2.75, 3.05) is 39.8 Å². The molecule has 0 aliphatic carbocycles. The molecule has 1 heterocycles. The van der Waals surface area contributed by atoms with Crippen LogP contribution in [0, 0.1) is 0 Å². The highest BCUT2D eigenvalue weighted by Gasteiger charge is 2.31. The Morgan fingerprint density at radius 3 is 2.25 bits per heavy atom. The summed E-state index contributed by atoms with van der Waals surface area (Å²) in [7, 11) is -1.75. The van der Waals surface area contributed by atoms with E-state index in [1.54, 1.807) is 23.1 Å². The van der Waals surface area contributed by atoms with Crippen LogP contribution in [0.5, 0.6) is 0 Å². The van der Waals surface area contributed by atoms with Crippen LogP contribution in [0.15, 0.2) is 59.5 Å². The van der Waals surface area contributed by atoms with Gasteiger partial charge in [0.2, 0.25) is 15.9 Å². The predicted octanol–water partition coefficient (Wildman–Crippen LogP) is 2.30. The number of hydrogen-bond acceptors (Lipinski definition) is 4. The van der Waals surface area contributed by atoms with Gasteiger partial charge < -0.3 is 4.90 Å². The van der Waals surface area contributed by atoms with Crippen molar-refractivity contribution in [2.45, 2.75) is 11.4 Å². The maximum atomic E-state index is 12.8. The van der Waals surface area contributed by atoms with E-state index in [1.165, 1.54) is 10.4 Å². The first-order valence-corrected chi connectivity index (χ1v) is 10.9. The van der Waals surface area contributed by atoms with Crippen LogP contribution >= 0.6 is 11.6 Å². The Morgan fingerprint density at radius 2 is 1.61 bits per heavy atom. The second kappa shape index (κ2) is 9.05. The molecule has 2 aromatic carbocycles. The molecular formula is C20H24ClN3O3S. The standard InChI is InChI=1S/C20H24ClN3O3S/c1-22(15-17-7-3-2-4-8-17)16-20(25)23-11-13-24(14-12-23)28(26,27)19-10-6-5-9-18(19)21/h2-10H,11-16H2,1H3.